The second-order valence-corrected chi connectivity index (χ2v) is 3.93. The summed E-state index contributed by atoms with van der Waals surface area (Å²) in [5, 5.41) is 0.674. The third-order valence-electron chi connectivity index (χ3n) is 2.21. The van der Waals surface area contributed by atoms with Gasteiger partial charge < -0.3 is 10.2 Å². The van der Waals surface area contributed by atoms with Crippen LogP contribution in [0, 0.1) is 0 Å². The van der Waals surface area contributed by atoms with Crippen molar-refractivity contribution in [2.75, 3.05) is 12.0 Å². The Hall–Kier alpha value is -1.26. The first-order chi connectivity index (χ1) is 8.17. The largest absolute Gasteiger partial charge is 0.465 e. The van der Waals surface area contributed by atoms with Gasteiger partial charge in [0.15, 0.2) is 0 Å². The lowest BCUT2D eigenvalue weighted by Crippen LogP contribution is -2.41. The van der Waals surface area contributed by atoms with Crippen LogP contribution in [0.5, 0.6) is 0 Å². The number of hydrogen-bond acceptors (Lipinski definition) is 4. The minimum atomic E-state index is -0.356. The Morgan fingerprint density at radius 1 is 1.35 bits per heavy atom. The molecule has 0 bridgehead atoms. The first-order valence-electron chi connectivity index (χ1n) is 5.61. The van der Waals surface area contributed by atoms with Crippen LogP contribution >= 0.6 is 11.6 Å². The third-order valence-corrected chi connectivity index (χ3v) is 2.47. The number of anilines is 1. The Balaban J connectivity index is 2.47. The molecule has 17 heavy (non-hydrogen) atoms. The van der Waals surface area contributed by atoms with Crippen molar-refractivity contribution in [2.45, 2.75) is 26.3 Å². The fraction of sp³-hybridized carbons (Fsp3) is 0.417. The summed E-state index contributed by atoms with van der Waals surface area (Å²) in [6.45, 7) is 4.09. The number of esters is 1. The Labute approximate surface area is 106 Å². The summed E-state index contributed by atoms with van der Waals surface area (Å²) in [4.78, 5) is 11.5. The smallest absolute Gasteiger partial charge is 0.324 e. The molecule has 0 fully saturated rings. The Morgan fingerprint density at radius 2 is 2.00 bits per heavy atom. The molecule has 0 spiro atoms. The number of benzene rings is 1. The number of carbonyl (C=O) groups is 1. The van der Waals surface area contributed by atoms with Gasteiger partial charge >= 0.3 is 5.97 Å². The maximum Gasteiger partial charge on any atom is 0.324 e. The first-order valence-corrected chi connectivity index (χ1v) is 5.99. The average molecular weight is 257 g/mol. The van der Waals surface area contributed by atoms with Crippen LogP contribution in [0.3, 0.4) is 0 Å². The number of rotatable bonds is 6. The topological polar surface area (TPSA) is 50.4 Å². The van der Waals surface area contributed by atoms with Crippen molar-refractivity contribution >= 4 is 23.3 Å². The van der Waals surface area contributed by atoms with Crippen LogP contribution in [0.15, 0.2) is 24.3 Å². The van der Waals surface area contributed by atoms with E-state index in [0.717, 1.165) is 5.69 Å². The number of ether oxygens (including phenoxy) is 1. The second kappa shape index (κ2) is 7.14. The highest BCUT2D eigenvalue weighted by Crippen LogP contribution is 2.12. The van der Waals surface area contributed by atoms with Gasteiger partial charge in [0.25, 0.3) is 0 Å². The lowest BCUT2D eigenvalue weighted by molar-refractivity contribution is -0.145. The molecule has 2 N–H and O–H groups in total. The molecule has 1 atom stereocenters. The summed E-state index contributed by atoms with van der Waals surface area (Å²) in [5.74, 6) is -0.253. The minimum absolute atomic E-state index is 0.253. The van der Waals surface area contributed by atoms with Gasteiger partial charge in [-0.15, -0.1) is 0 Å². The van der Waals surface area contributed by atoms with Crippen molar-refractivity contribution in [2.24, 2.45) is 0 Å². The van der Waals surface area contributed by atoms with Crippen LogP contribution in [0.1, 0.15) is 20.3 Å². The predicted octanol–water partition coefficient (Wildman–Crippen LogP) is 2.60. The highest BCUT2D eigenvalue weighted by molar-refractivity contribution is 6.30. The number of carbonyl (C=O) groups excluding carboxylic acids is 1. The quantitative estimate of drug-likeness (QED) is 0.607. The van der Waals surface area contributed by atoms with Crippen molar-refractivity contribution in [3.63, 3.8) is 0 Å². The molecule has 1 aromatic rings. The molecule has 94 valence electrons. The van der Waals surface area contributed by atoms with E-state index in [4.69, 9.17) is 16.3 Å². The fourth-order valence-corrected chi connectivity index (χ4v) is 1.40. The Kier molecular flexibility index (Phi) is 5.80. The van der Waals surface area contributed by atoms with E-state index >= 15 is 0 Å². The van der Waals surface area contributed by atoms with Crippen LogP contribution in [0.2, 0.25) is 5.02 Å². The number of nitrogens with one attached hydrogen (secondary N) is 2. The van der Waals surface area contributed by atoms with Gasteiger partial charge in [0, 0.05) is 10.7 Å². The monoisotopic (exact) mass is 256 g/mol. The molecule has 0 radical (unpaired) electrons. The van der Waals surface area contributed by atoms with E-state index in [0.29, 0.717) is 18.1 Å². The van der Waals surface area contributed by atoms with Crippen LogP contribution in [0.25, 0.3) is 0 Å². The van der Waals surface area contributed by atoms with Gasteiger partial charge in [0.1, 0.15) is 6.04 Å². The predicted molar refractivity (Wildman–Crippen MR) is 68.9 cm³/mol. The molecule has 1 unspecified atom stereocenters. The van der Waals surface area contributed by atoms with Gasteiger partial charge in [-0.3, -0.25) is 4.79 Å². The summed E-state index contributed by atoms with van der Waals surface area (Å²) in [5.41, 5.74) is 6.72. The van der Waals surface area contributed by atoms with E-state index in [-0.39, 0.29) is 12.0 Å². The van der Waals surface area contributed by atoms with Gasteiger partial charge in [0.2, 0.25) is 0 Å². The fourth-order valence-electron chi connectivity index (χ4n) is 1.27. The second-order valence-electron chi connectivity index (χ2n) is 3.49. The van der Waals surface area contributed by atoms with Crippen molar-refractivity contribution in [1.82, 2.24) is 5.43 Å². The first kappa shape index (κ1) is 13.8. The molecule has 0 amide bonds. The zero-order chi connectivity index (χ0) is 12.7. The number of halogens is 1. The summed E-state index contributed by atoms with van der Waals surface area (Å²) < 4.78 is 4.94. The summed E-state index contributed by atoms with van der Waals surface area (Å²) in [7, 11) is 0. The van der Waals surface area contributed by atoms with E-state index in [2.05, 4.69) is 10.9 Å². The van der Waals surface area contributed by atoms with Gasteiger partial charge in [-0.05, 0) is 37.6 Å². The molecule has 1 aromatic carbocycles. The third kappa shape index (κ3) is 4.63. The zero-order valence-electron chi connectivity index (χ0n) is 10.00. The van der Waals surface area contributed by atoms with E-state index in [1.165, 1.54) is 0 Å². The van der Waals surface area contributed by atoms with E-state index in [9.17, 15) is 4.79 Å². The zero-order valence-corrected chi connectivity index (χ0v) is 10.8. The molecule has 0 heterocycles. The van der Waals surface area contributed by atoms with Gasteiger partial charge in [-0.2, -0.15) is 0 Å². The van der Waals surface area contributed by atoms with Gasteiger partial charge in [0.05, 0.1) is 6.61 Å². The summed E-state index contributed by atoms with van der Waals surface area (Å²) >= 11 is 5.77. The SMILES string of the molecule is CCOC(=O)C(CC)NNc1ccc(Cl)cc1. The molecule has 0 aliphatic heterocycles. The molecule has 1 rings (SSSR count). The van der Waals surface area contributed by atoms with Crippen LogP contribution in [0.4, 0.5) is 5.69 Å². The molecule has 0 saturated carbocycles. The van der Waals surface area contributed by atoms with Crippen LogP contribution < -0.4 is 10.9 Å². The molecular weight excluding hydrogens is 240 g/mol. The standard InChI is InChI=1S/C12H17ClN2O2/c1-3-11(12(16)17-4-2)15-14-10-7-5-9(13)6-8-10/h5-8,11,14-15H,3-4H2,1-2H3. The van der Waals surface area contributed by atoms with Gasteiger partial charge in [-0.25, -0.2) is 5.43 Å². The van der Waals surface area contributed by atoms with Crippen LogP contribution in [-0.2, 0) is 9.53 Å². The number of hydrazine groups is 1. The van der Waals surface area contributed by atoms with E-state index in [1.807, 2.05) is 19.1 Å². The molecule has 0 saturated heterocycles. The number of hydrogen-bond donors (Lipinski definition) is 2. The highest BCUT2D eigenvalue weighted by atomic mass is 35.5. The Bertz CT molecular complexity index is 354. The molecule has 0 aliphatic carbocycles. The van der Waals surface area contributed by atoms with Crippen molar-refractivity contribution in [1.29, 1.82) is 0 Å². The summed E-state index contributed by atoms with van der Waals surface area (Å²) in [6, 6.07) is 6.85. The van der Waals surface area contributed by atoms with Crippen molar-refractivity contribution < 1.29 is 9.53 Å². The summed E-state index contributed by atoms with van der Waals surface area (Å²) in [6.07, 6.45) is 0.652. The lowest BCUT2D eigenvalue weighted by atomic mass is 10.2. The average Bonchev–Trinajstić information content (AvgIpc) is 2.32. The van der Waals surface area contributed by atoms with Crippen molar-refractivity contribution in [3.05, 3.63) is 29.3 Å². The molecular formula is C12H17ClN2O2. The van der Waals surface area contributed by atoms with Crippen LogP contribution in [-0.4, -0.2) is 18.6 Å². The Morgan fingerprint density at radius 3 is 2.53 bits per heavy atom. The molecule has 0 aromatic heterocycles. The van der Waals surface area contributed by atoms with E-state index < -0.39 is 0 Å². The maximum atomic E-state index is 11.5. The van der Waals surface area contributed by atoms with Crippen molar-refractivity contribution in [3.8, 4) is 0 Å². The maximum absolute atomic E-state index is 11.5. The van der Waals surface area contributed by atoms with E-state index in [1.54, 1.807) is 19.1 Å². The highest BCUT2D eigenvalue weighted by Gasteiger charge is 2.16. The minimum Gasteiger partial charge on any atom is -0.465 e. The normalized spacial score (nSPS) is 11.9. The van der Waals surface area contributed by atoms with Gasteiger partial charge in [-0.1, -0.05) is 18.5 Å². The lowest BCUT2D eigenvalue weighted by Gasteiger charge is -2.16. The molecule has 0 aliphatic rings. The molecule has 5 heteroatoms. The molecule has 4 nitrogen and oxygen atoms in total.